The van der Waals surface area contributed by atoms with Crippen LogP contribution in [0.15, 0.2) is 16.6 Å². The number of aryl methyl sites for hydroxylation is 1. The van der Waals surface area contributed by atoms with Crippen molar-refractivity contribution in [1.29, 1.82) is 0 Å². The summed E-state index contributed by atoms with van der Waals surface area (Å²) < 4.78 is 1.09. The lowest BCUT2D eigenvalue weighted by molar-refractivity contribution is 0.625. The maximum absolute atomic E-state index is 5.94. The van der Waals surface area contributed by atoms with E-state index in [0.717, 1.165) is 22.3 Å². The van der Waals surface area contributed by atoms with E-state index in [1.54, 1.807) is 0 Å². The van der Waals surface area contributed by atoms with Gasteiger partial charge in [0.05, 0.1) is 5.69 Å². The monoisotopic (exact) mass is 312 g/mol. The van der Waals surface area contributed by atoms with Crippen molar-refractivity contribution in [3.63, 3.8) is 0 Å². The number of anilines is 2. The molecule has 0 amide bonds. The normalized spacial score (nSPS) is 11.0. The third-order valence-corrected chi connectivity index (χ3v) is 3.91. The third kappa shape index (κ3) is 3.91. The molecule has 0 aliphatic heterocycles. The molecule has 1 aromatic rings. The molecule has 18 heavy (non-hydrogen) atoms. The second-order valence-electron chi connectivity index (χ2n) is 5.15. The van der Waals surface area contributed by atoms with Crippen molar-refractivity contribution in [2.45, 2.75) is 53.0 Å². The number of hydrogen-bond acceptors (Lipinski definition) is 2. The fourth-order valence-corrected chi connectivity index (χ4v) is 2.68. The SMILES string of the molecule is CCCCCN(c1cc(C)c(N)cc1Br)C(C)C. The van der Waals surface area contributed by atoms with Gasteiger partial charge in [-0.2, -0.15) is 0 Å². The first-order chi connectivity index (χ1) is 8.47. The van der Waals surface area contributed by atoms with E-state index in [9.17, 15) is 0 Å². The van der Waals surface area contributed by atoms with Crippen LogP contribution in [-0.2, 0) is 0 Å². The average molecular weight is 313 g/mol. The lowest BCUT2D eigenvalue weighted by Crippen LogP contribution is -2.32. The van der Waals surface area contributed by atoms with Crippen LogP contribution in [-0.4, -0.2) is 12.6 Å². The Balaban J connectivity index is 2.95. The first-order valence-corrected chi connectivity index (χ1v) is 7.59. The number of halogens is 1. The lowest BCUT2D eigenvalue weighted by Gasteiger charge is -2.30. The molecule has 0 unspecified atom stereocenters. The van der Waals surface area contributed by atoms with Gasteiger partial charge in [0.15, 0.2) is 0 Å². The molecule has 0 atom stereocenters. The molecule has 0 saturated heterocycles. The minimum Gasteiger partial charge on any atom is -0.398 e. The zero-order chi connectivity index (χ0) is 13.7. The number of nitrogens with two attached hydrogens (primary N) is 1. The van der Waals surface area contributed by atoms with Crippen molar-refractivity contribution in [1.82, 2.24) is 0 Å². The number of benzene rings is 1. The molecule has 102 valence electrons. The van der Waals surface area contributed by atoms with Gasteiger partial charge in [0.1, 0.15) is 0 Å². The van der Waals surface area contributed by atoms with E-state index >= 15 is 0 Å². The summed E-state index contributed by atoms with van der Waals surface area (Å²) in [5, 5.41) is 0. The summed E-state index contributed by atoms with van der Waals surface area (Å²) >= 11 is 3.64. The van der Waals surface area contributed by atoms with E-state index < -0.39 is 0 Å². The summed E-state index contributed by atoms with van der Waals surface area (Å²) in [6.07, 6.45) is 3.78. The molecule has 0 saturated carbocycles. The third-order valence-electron chi connectivity index (χ3n) is 3.27. The van der Waals surface area contributed by atoms with Crippen LogP contribution in [0.3, 0.4) is 0 Å². The quantitative estimate of drug-likeness (QED) is 0.607. The van der Waals surface area contributed by atoms with Crippen LogP contribution in [0.2, 0.25) is 0 Å². The molecule has 2 N–H and O–H groups in total. The smallest absolute Gasteiger partial charge is 0.0517 e. The van der Waals surface area contributed by atoms with E-state index in [-0.39, 0.29) is 0 Å². The van der Waals surface area contributed by atoms with Crippen LogP contribution in [0.25, 0.3) is 0 Å². The van der Waals surface area contributed by atoms with Crippen LogP contribution in [0, 0.1) is 6.92 Å². The van der Waals surface area contributed by atoms with Gasteiger partial charge in [-0.15, -0.1) is 0 Å². The van der Waals surface area contributed by atoms with Crippen molar-refractivity contribution in [2.24, 2.45) is 0 Å². The van der Waals surface area contributed by atoms with E-state index in [0.29, 0.717) is 6.04 Å². The van der Waals surface area contributed by atoms with Crippen molar-refractivity contribution in [3.8, 4) is 0 Å². The van der Waals surface area contributed by atoms with Crippen molar-refractivity contribution in [3.05, 3.63) is 22.2 Å². The molecule has 0 heterocycles. The highest BCUT2D eigenvalue weighted by molar-refractivity contribution is 9.10. The predicted molar refractivity (Wildman–Crippen MR) is 85.3 cm³/mol. The lowest BCUT2D eigenvalue weighted by atomic mass is 10.1. The zero-order valence-electron chi connectivity index (χ0n) is 12.0. The van der Waals surface area contributed by atoms with Crippen LogP contribution in [0.1, 0.15) is 45.6 Å². The Bertz CT molecular complexity index is 388. The molecule has 0 radical (unpaired) electrons. The van der Waals surface area contributed by atoms with Crippen LogP contribution in [0.5, 0.6) is 0 Å². The van der Waals surface area contributed by atoms with Crippen LogP contribution in [0.4, 0.5) is 11.4 Å². The summed E-state index contributed by atoms with van der Waals surface area (Å²) in [5.41, 5.74) is 9.19. The number of unbranched alkanes of at least 4 members (excludes halogenated alkanes) is 2. The summed E-state index contributed by atoms with van der Waals surface area (Å²) in [4.78, 5) is 2.45. The van der Waals surface area contributed by atoms with Crippen molar-refractivity contribution in [2.75, 3.05) is 17.2 Å². The Labute approximate surface area is 120 Å². The summed E-state index contributed by atoms with van der Waals surface area (Å²) in [7, 11) is 0. The molecule has 0 bridgehead atoms. The van der Waals surface area contributed by atoms with E-state index in [4.69, 9.17) is 5.73 Å². The first kappa shape index (κ1) is 15.4. The minimum atomic E-state index is 0.501. The minimum absolute atomic E-state index is 0.501. The zero-order valence-corrected chi connectivity index (χ0v) is 13.5. The molecule has 1 aromatic carbocycles. The van der Waals surface area contributed by atoms with E-state index in [2.05, 4.69) is 54.6 Å². The molecule has 1 rings (SSSR count). The molecular weight excluding hydrogens is 288 g/mol. The van der Waals surface area contributed by atoms with E-state index in [1.807, 2.05) is 6.07 Å². The fraction of sp³-hybridized carbons (Fsp3) is 0.600. The van der Waals surface area contributed by atoms with Gasteiger partial charge in [0.2, 0.25) is 0 Å². The Kier molecular flexibility index (Phi) is 6.00. The Morgan fingerprint density at radius 3 is 2.50 bits per heavy atom. The van der Waals surface area contributed by atoms with Gasteiger partial charge in [-0.1, -0.05) is 19.8 Å². The van der Waals surface area contributed by atoms with E-state index in [1.165, 1.54) is 24.9 Å². The molecule has 2 nitrogen and oxygen atoms in total. The highest BCUT2D eigenvalue weighted by Crippen LogP contribution is 2.32. The fourth-order valence-electron chi connectivity index (χ4n) is 2.09. The Morgan fingerprint density at radius 2 is 1.94 bits per heavy atom. The maximum atomic E-state index is 5.94. The summed E-state index contributed by atoms with van der Waals surface area (Å²) in [6, 6.07) is 4.70. The largest absolute Gasteiger partial charge is 0.398 e. The Hall–Kier alpha value is -0.700. The second-order valence-corrected chi connectivity index (χ2v) is 6.01. The molecule has 0 aliphatic carbocycles. The highest BCUT2D eigenvalue weighted by Gasteiger charge is 2.14. The number of hydrogen-bond donors (Lipinski definition) is 1. The highest BCUT2D eigenvalue weighted by atomic mass is 79.9. The van der Waals surface area contributed by atoms with Crippen molar-refractivity contribution >= 4 is 27.3 Å². The van der Waals surface area contributed by atoms with Gasteiger partial charge in [-0.05, 0) is 60.8 Å². The molecule has 0 aliphatic rings. The van der Waals surface area contributed by atoms with Gasteiger partial charge in [-0.25, -0.2) is 0 Å². The van der Waals surface area contributed by atoms with Crippen molar-refractivity contribution < 1.29 is 0 Å². The van der Waals surface area contributed by atoms with Gasteiger partial charge in [-0.3, -0.25) is 0 Å². The van der Waals surface area contributed by atoms with Gasteiger partial charge in [0.25, 0.3) is 0 Å². The van der Waals surface area contributed by atoms with Crippen LogP contribution < -0.4 is 10.6 Å². The molecule has 0 aromatic heterocycles. The van der Waals surface area contributed by atoms with Gasteiger partial charge < -0.3 is 10.6 Å². The average Bonchev–Trinajstić information content (AvgIpc) is 2.30. The summed E-state index contributed by atoms with van der Waals surface area (Å²) in [6.45, 7) is 9.89. The molecule has 3 heteroatoms. The van der Waals surface area contributed by atoms with Gasteiger partial charge >= 0.3 is 0 Å². The molecule has 0 spiro atoms. The van der Waals surface area contributed by atoms with Gasteiger partial charge in [0, 0.05) is 22.7 Å². The standard InChI is InChI=1S/C15H25BrN2/c1-5-6-7-8-18(11(2)3)15-9-12(4)14(17)10-13(15)16/h9-11H,5-8,17H2,1-4H3. The topological polar surface area (TPSA) is 29.3 Å². The number of rotatable bonds is 6. The summed E-state index contributed by atoms with van der Waals surface area (Å²) in [5.74, 6) is 0. The van der Waals surface area contributed by atoms with Crippen LogP contribution >= 0.6 is 15.9 Å². The molecule has 0 fully saturated rings. The maximum Gasteiger partial charge on any atom is 0.0517 e. The first-order valence-electron chi connectivity index (χ1n) is 6.79. The Morgan fingerprint density at radius 1 is 1.28 bits per heavy atom. The molecular formula is C15H25BrN2. The second kappa shape index (κ2) is 7.03. The predicted octanol–water partition coefficient (Wildman–Crippen LogP) is 4.74. The number of nitrogen functional groups attached to an aromatic ring is 1. The number of nitrogens with zero attached hydrogens (tertiary/aromatic N) is 1.